The number of piperidine rings is 1. The van der Waals surface area contributed by atoms with Crippen LogP contribution in [-0.2, 0) is 20.9 Å². The minimum Gasteiger partial charge on any atom is -0.351 e. The van der Waals surface area contributed by atoms with Gasteiger partial charge in [-0.25, -0.2) is 5.48 Å². The van der Waals surface area contributed by atoms with E-state index in [0.29, 0.717) is 38.4 Å². The van der Waals surface area contributed by atoms with Crippen LogP contribution in [0, 0.1) is 5.92 Å². The van der Waals surface area contributed by atoms with Gasteiger partial charge in [-0.3, -0.25) is 19.6 Å². The molecule has 0 spiro atoms. The number of nitrogens with one attached hydrogen (secondary N) is 2. The van der Waals surface area contributed by atoms with Crippen LogP contribution in [0.25, 0.3) is 10.8 Å². The van der Waals surface area contributed by atoms with Gasteiger partial charge < -0.3 is 16.0 Å². The van der Waals surface area contributed by atoms with Gasteiger partial charge in [0.05, 0.1) is 12.5 Å². The molecule has 172 valence electrons. The molecule has 3 amide bonds. The van der Waals surface area contributed by atoms with E-state index in [1.54, 1.807) is 10.4 Å². The topological polar surface area (TPSA) is 125 Å². The molecule has 0 radical (unpaired) electrons. The van der Waals surface area contributed by atoms with E-state index < -0.39 is 6.04 Å². The summed E-state index contributed by atoms with van der Waals surface area (Å²) in [6.45, 7) is 1.64. The van der Waals surface area contributed by atoms with Crippen LogP contribution in [-0.4, -0.2) is 47.0 Å². The molecule has 5 N–H and O–H groups in total. The van der Waals surface area contributed by atoms with Crippen LogP contribution in [0.1, 0.15) is 44.1 Å². The van der Waals surface area contributed by atoms with Crippen molar-refractivity contribution in [2.24, 2.45) is 11.7 Å². The summed E-state index contributed by atoms with van der Waals surface area (Å²) in [5.74, 6) is -0.340. The number of hydrogen-bond acceptors (Lipinski definition) is 5. The standard InChI is InChI=1S/C24H32N4O4/c25-21(24(31)26-16-19-8-4-7-18-6-1-2-9-20(18)19)15-23(30)28-13-11-17(12-14-28)5-3-10-22(29)27-32/h1-2,4,6-9,17,21,32H,3,5,10-16,25H2,(H,26,31)(H,27,29)/t21-/m0/s1. The summed E-state index contributed by atoms with van der Waals surface area (Å²) >= 11 is 0. The van der Waals surface area contributed by atoms with Crippen molar-refractivity contribution in [2.75, 3.05) is 13.1 Å². The van der Waals surface area contributed by atoms with Gasteiger partial charge >= 0.3 is 0 Å². The van der Waals surface area contributed by atoms with Crippen LogP contribution < -0.4 is 16.5 Å². The summed E-state index contributed by atoms with van der Waals surface area (Å²) in [6.07, 6.45) is 3.64. The van der Waals surface area contributed by atoms with Crippen molar-refractivity contribution in [3.8, 4) is 0 Å². The lowest BCUT2D eigenvalue weighted by Gasteiger charge is -2.32. The third-order valence-electron chi connectivity index (χ3n) is 6.17. The van der Waals surface area contributed by atoms with Crippen LogP contribution >= 0.6 is 0 Å². The zero-order valence-electron chi connectivity index (χ0n) is 18.3. The molecule has 32 heavy (non-hydrogen) atoms. The van der Waals surface area contributed by atoms with Gasteiger partial charge in [0.1, 0.15) is 0 Å². The lowest BCUT2D eigenvalue weighted by atomic mass is 9.91. The normalized spacial score (nSPS) is 15.4. The van der Waals surface area contributed by atoms with Gasteiger partial charge in [-0.2, -0.15) is 0 Å². The highest BCUT2D eigenvalue weighted by atomic mass is 16.5. The highest BCUT2D eigenvalue weighted by molar-refractivity contribution is 5.89. The smallest absolute Gasteiger partial charge is 0.243 e. The summed E-state index contributed by atoms with van der Waals surface area (Å²) < 4.78 is 0. The Morgan fingerprint density at radius 1 is 1.09 bits per heavy atom. The van der Waals surface area contributed by atoms with E-state index in [0.717, 1.165) is 35.6 Å². The molecule has 2 aromatic rings. The molecule has 1 fully saturated rings. The van der Waals surface area contributed by atoms with Crippen molar-refractivity contribution in [3.63, 3.8) is 0 Å². The Labute approximate surface area is 188 Å². The lowest BCUT2D eigenvalue weighted by molar-refractivity contribution is -0.135. The average molecular weight is 441 g/mol. The molecule has 1 saturated heterocycles. The number of carbonyl (C=O) groups excluding carboxylic acids is 3. The number of rotatable bonds is 9. The lowest BCUT2D eigenvalue weighted by Crippen LogP contribution is -2.46. The van der Waals surface area contributed by atoms with Gasteiger partial charge in [-0.05, 0) is 47.9 Å². The first-order valence-electron chi connectivity index (χ1n) is 11.2. The summed E-state index contributed by atoms with van der Waals surface area (Å²) in [5.41, 5.74) is 8.67. The minimum atomic E-state index is -0.882. The molecule has 1 aliphatic heterocycles. The summed E-state index contributed by atoms with van der Waals surface area (Å²) in [5, 5.41) is 13.6. The molecular formula is C24H32N4O4. The van der Waals surface area contributed by atoms with Gasteiger partial charge in [0.15, 0.2) is 0 Å². The van der Waals surface area contributed by atoms with Crippen molar-refractivity contribution in [1.29, 1.82) is 0 Å². The molecule has 8 nitrogen and oxygen atoms in total. The Morgan fingerprint density at radius 3 is 2.56 bits per heavy atom. The maximum atomic E-state index is 12.6. The van der Waals surface area contributed by atoms with Gasteiger partial charge in [-0.1, -0.05) is 42.5 Å². The number of carbonyl (C=O) groups is 3. The van der Waals surface area contributed by atoms with Gasteiger partial charge in [-0.15, -0.1) is 0 Å². The fourth-order valence-electron chi connectivity index (χ4n) is 4.25. The van der Waals surface area contributed by atoms with Crippen LogP contribution in [0.3, 0.4) is 0 Å². The molecule has 0 aliphatic carbocycles. The molecule has 2 aromatic carbocycles. The van der Waals surface area contributed by atoms with Gasteiger partial charge in [0.25, 0.3) is 0 Å². The molecule has 1 heterocycles. The Hall–Kier alpha value is -2.97. The Kier molecular flexibility index (Phi) is 8.58. The van der Waals surface area contributed by atoms with Crippen LogP contribution in [0.4, 0.5) is 0 Å². The predicted octanol–water partition coefficient (Wildman–Crippen LogP) is 2.09. The highest BCUT2D eigenvalue weighted by Crippen LogP contribution is 2.23. The number of hydrogen-bond donors (Lipinski definition) is 4. The number of likely N-dealkylation sites (tertiary alicyclic amines) is 1. The highest BCUT2D eigenvalue weighted by Gasteiger charge is 2.26. The monoisotopic (exact) mass is 440 g/mol. The van der Waals surface area contributed by atoms with Crippen molar-refractivity contribution >= 4 is 28.5 Å². The Morgan fingerprint density at radius 2 is 1.81 bits per heavy atom. The Bertz CT molecular complexity index is 935. The van der Waals surface area contributed by atoms with E-state index in [1.807, 2.05) is 42.5 Å². The first kappa shape index (κ1) is 23.7. The van der Waals surface area contributed by atoms with Gasteiger partial charge in [0.2, 0.25) is 17.7 Å². The molecular weight excluding hydrogens is 408 g/mol. The van der Waals surface area contributed by atoms with Crippen LogP contribution in [0.2, 0.25) is 0 Å². The molecule has 1 aliphatic rings. The number of amides is 3. The summed E-state index contributed by atoms with van der Waals surface area (Å²) in [4.78, 5) is 37.9. The fraction of sp³-hybridized carbons (Fsp3) is 0.458. The SMILES string of the molecule is N[C@@H](CC(=O)N1CCC(CCCC(=O)NO)CC1)C(=O)NCc1cccc2ccccc12. The largest absolute Gasteiger partial charge is 0.351 e. The van der Waals surface area contributed by atoms with Crippen molar-refractivity contribution < 1.29 is 19.6 Å². The molecule has 0 aromatic heterocycles. The number of benzene rings is 2. The number of nitrogens with zero attached hydrogens (tertiary/aromatic N) is 1. The zero-order chi connectivity index (χ0) is 22.9. The fourth-order valence-corrected chi connectivity index (χ4v) is 4.25. The number of nitrogens with two attached hydrogens (primary N) is 1. The second-order valence-electron chi connectivity index (χ2n) is 8.42. The second-order valence-corrected chi connectivity index (χ2v) is 8.42. The molecule has 0 unspecified atom stereocenters. The number of hydroxylamine groups is 1. The van der Waals surface area contributed by atoms with Crippen molar-refractivity contribution in [1.82, 2.24) is 15.7 Å². The Balaban J connectivity index is 1.40. The zero-order valence-corrected chi connectivity index (χ0v) is 18.3. The molecule has 3 rings (SSSR count). The molecule has 8 heteroatoms. The van der Waals surface area contributed by atoms with Crippen molar-refractivity contribution in [3.05, 3.63) is 48.0 Å². The molecule has 0 bridgehead atoms. The maximum absolute atomic E-state index is 12.6. The molecule has 1 atom stereocenters. The molecule has 0 saturated carbocycles. The van der Waals surface area contributed by atoms with Crippen molar-refractivity contribution in [2.45, 2.75) is 51.1 Å². The predicted molar refractivity (Wildman–Crippen MR) is 121 cm³/mol. The van der Waals surface area contributed by atoms with Gasteiger partial charge in [0, 0.05) is 26.1 Å². The van der Waals surface area contributed by atoms with E-state index in [4.69, 9.17) is 10.9 Å². The first-order chi connectivity index (χ1) is 15.5. The van der Waals surface area contributed by atoms with Crippen LogP contribution in [0.5, 0.6) is 0 Å². The average Bonchev–Trinajstić information content (AvgIpc) is 2.82. The van der Waals surface area contributed by atoms with E-state index >= 15 is 0 Å². The summed E-state index contributed by atoms with van der Waals surface area (Å²) in [7, 11) is 0. The van der Waals surface area contributed by atoms with E-state index in [9.17, 15) is 14.4 Å². The van der Waals surface area contributed by atoms with E-state index in [1.165, 1.54) is 0 Å². The van der Waals surface area contributed by atoms with E-state index in [-0.39, 0.29) is 24.1 Å². The third kappa shape index (κ3) is 6.51. The quantitative estimate of drug-likeness (QED) is 0.351. The minimum absolute atomic E-state index is 0.0112. The third-order valence-corrected chi connectivity index (χ3v) is 6.17. The summed E-state index contributed by atoms with van der Waals surface area (Å²) in [6, 6.07) is 13.1. The maximum Gasteiger partial charge on any atom is 0.243 e. The first-order valence-corrected chi connectivity index (χ1v) is 11.2. The number of fused-ring (bicyclic) bond motifs is 1. The van der Waals surface area contributed by atoms with E-state index in [2.05, 4.69) is 5.32 Å². The van der Waals surface area contributed by atoms with Crippen LogP contribution in [0.15, 0.2) is 42.5 Å². The second kappa shape index (κ2) is 11.6.